The lowest BCUT2D eigenvalue weighted by Gasteiger charge is -2.09. The summed E-state index contributed by atoms with van der Waals surface area (Å²) in [5.74, 6) is 0. The van der Waals surface area contributed by atoms with Crippen LogP contribution in [0.4, 0.5) is 5.69 Å². The van der Waals surface area contributed by atoms with Gasteiger partial charge in [0.05, 0.1) is 4.92 Å². The maximum absolute atomic E-state index is 10.7. The fourth-order valence-corrected chi connectivity index (χ4v) is 1.72. The molecule has 96 valence electrons. The molecule has 0 aliphatic heterocycles. The van der Waals surface area contributed by atoms with Crippen molar-refractivity contribution in [1.29, 1.82) is 0 Å². The minimum atomic E-state index is -0.481. The molecular weight excluding hydrogens is 264 g/mol. The van der Waals surface area contributed by atoms with Crippen molar-refractivity contribution in [1.82, 2.24) is 0 Å². The second-order valence-corrected chi connectivity index (χ2v) is 4.26. The van der Waals surface area contributed by atoms with Crippen molar-refractivity contribution in [3.8, 4) is 0 Å². The first-order valence-corrected chi connectivity index (χ1v) is 5.96. The quantitative estimate of drug-likeness (QED) is 0.676. The Morgan fingerprint density at radius 1 is 1.11 bits per heavy atom. The first kappa shape index (κ1) is 13.1. The van der Waals surface area contributed by atoms with Gasteiger partial charge in [0, 0.05) is 16.3 Å². The van der Waals surface area contributed by atoms with Gasteiger partial charge in [-0.3, -0.25) is 10.1 Å². The van der Waals surface area contributed by atoms with Crippen molar-refractivity contribution in [3.05, 3.63) is 81.5 Å². The van der Waals surface area contributed by atoms with Gasteiger partial charge in [-0.2, -0.15) is 0 Å². The van der Waals surface area contributed by atoms with E-state index in [0.717, 1.165) is 17.5 Å². The Morgan fingerprint density at radius 3 is 2.32 bits per heavy atom. The highest BCUT2D eigenvalue weighted by Crippen LogP contribution is 2.20. The second-order valence-electron chi connectivity index (χ2n) is 3.83. The molecule has 2 rings (SSSR count). The molecule has 4 nitrogen and oxygen atoms in total. The predicted octanol–water partition coefficient (Wildman–Crippen LogP) is 4.03. The zero-order chi connectivity index (χ0) is 13.7. The summed E-state index contributed by atoms with van der Waals surface area (Å²) in [6, 6.07) is 16.1. The van der Waals surface area contributed by atoms with Crippen LogP contribution in [0.3, 0.4) is 0 Å². The Labute approximate surface area is 115 Å². The average Bonchev–Trinajstić information content (AvgIpc) is 2.41. The van der Waals surface area contributed by atoms with Gasteiger partial charge >= 0.3 is 0 Å². The third kappa shape index (κ3) is 3.82. The molecule has 0 aromatic heterocycles. The Morgan fingerprint density at radius 2 is 1.74 bits per heavy atom. The van der Waals surface area contributed by atoms with E-state index in [1.807, 2.05) is 18.2 Å². The van der Waals surface area contributed by atoms with Crippen molar-refractivity contribution in [3.63, 3.8) is 0 Å². The Balaban J connectivity index is 2.30. The highest BCUT2D eigenvalue weighted by atomic mass is 35.5. The Hall–Kier alpha value is -2.33. The molecule has 19 heavy (non-hydrogen) atoms. The molecule has 0 unspecified atom stereocenters. The molecule has 2 aromatic rings. The van der Waals surface area contributed by atoms with E-state index in [-0.39, 0.29) is 0 Å². The molecule has 0 radical (unpaired) electrons. The normalized spacial score (nSPS) is 11.1. The van der Waals surface area contributed by atoms with Gasteiger partial charge in [0.25, 0.3) is 6.20 Å². The summed E-state index contributed by atoms with van der Waals surface area (Å²) in [7, 11) is 0. The number of nitrogens with one attached hydrogen (secondary N) is 1. The van der Waals surface area contributed by atoms with Gasteiger partial charge in [0.2, 0.25) is 0 Å². The molecule has 0 atom stereocenters. The number of halogens is 1. The van der Waals surface area contributed by atoms with E-state index in [2.05, 4.69) is 5.32 Å². The molecule has 0 saturated heterocycles. The van der Waals surface area contributed by atoms with Crippen LogP contribution in [0, 0.1) is 10.1 Å². The minimum Gasteiger partial charge on any atom is -0.350 e. The van der Waals surface area contributed by atoms with Crippen LogP contribution < -0.4 is 5.32 Å². The summed E-state index contributed by atoms with van der Waals surface area (Å²) in [6.45, 7) is 0. The molecule has 0 heterocycles. The zero-order valence-corrected chi connectivity index (χ0v) is 10.7. The van der Waals surface area contributed by atoms with Gasteiger partial charge in [-0.1, -0.05) is 41.9 Å². The summed E-state index contributed by atoms with van der Waals surface area (Å²) < 4.78 is 0. The molecule has 0 aliphatic rings. The van der Waals surface area contributed by atoms with Crippen LogP contribution in [-0.2, 0) is 0 Å². The summed E-state index contributed by atoms with van der Waals surface area (Å²) in [4.78, 5) is 10.2. The fraction of sp³-hybridized carbons (Fsp3) is 0. The maximum Gasteiger partial charge on any atom is 0.258 e. The topological polar surface area (TPSA) is 55.2 Å². The Bertz CT molecular complexity index is 595. The lowest BCUT2D eigenvalue weighted by Crippen LogP contribution is -2.01. The van der Waals surface area contributed by atoms with E-state index in [4.69, 9.17) is 11.6 Å². The molecule has 0 spiro atoms. The second kappa shape index (κ2) is 6.02. The molecule has 1 N–H and O–H groups in total. The van der Waals surface area contributed by atoms with Crippen molar-refractivity contribution in [2.45, 2.75) is 0 Å². The monoisotopic (exact) mass is 274 g/mol. The van der Waals surface area contributed by atoms with Gasteiger partial charge in [-0.05, 0) is 24.3 Å². The van der Waals surface area contributed by atoms with Gasteiger partial charge in [-0.15, -0.1) is 0 Å². The minimum absolute atomic E-state index is 0.424. The van der Waals surface area contributed by atoms with Crippen LogP contribution in [0.15, 0.2) is 60.8 Å². The Kier molecular flexibility index (Phi) is 4.15. The molecule has 0 bridgehead atoms. The molecule has 5 heteroatoms. The summed E-state index contributed by atoms with van der Waals surface area (Å²) in [6.07, 6.45) is 0.948. The zero-order valence-electron chi connectivity index (χ0n) is 9.92. The fourth-order valence-electron chi connectivity index (χ4n) is 1.59. The highest BCUT2D eigenvalue weighted by Gasteiger charge is 2.06. The largest absolute Gasteiger partial charge is 0.350 e. The van der Waals surface area contributed by atoms with E-state index < -0.39 is 4.92 Å². The molecule has 0 amide bonds. The SMILES string of the molecule is O=[N+]([O-])C=C(Nc1ccc(Cl)cc1)c1ccccc1. The number of benzene rings is 2. The summed E-state index contributed by atoms with van der Waals surface area (Å²) in [5.41, 5.74) is 1.91. The van der Waals surface area contributed by atoms with Crippen molar-refractivity contribution < 1.29 is 4.92 Å². The average molecular weight is 275 g/mol. The summed E-state index contributed by atoms with van der Waals surface area (Å²) >= 11 is 5.80. The van der Waals surface area contributed by atoms with Crippen LogP contribution >= 0.6 is 11.6 Å². The molecule has 0 aliphatic carbocycles. The van der Waals surface area contributed by atoms with Gasteiger partial charge in [0.15, 0.2) is 0 Å². The van der Waals surface area contributed by atoms with Crippen LogP contribution in [0.1, 0.15) is 5.56 Å². The number of anilines is 1. The van der Waals surface area contributed by atoms with Crippen LogP contribution in [0.25, 0.3) is 5.70 Å². The molecule has 2 aromatic carbocycles. The lowest BCUT2D eigenvalue weighted by atomic mass is 10.1. The number of nitrogens with zero attached hydrogens (tertiary/aromatic N) is 1. The van der Waals surface area contributed by atoms with Crippen molar-refractivity contribution in [2.24, 2.45) is 0 Å². The van der Waals surface area contributed by atoms with Gasteiger partial charge in [0.1, 0.15) is 5.70 Å². The number of rotatable bonds is 4. The van der Waals surface area contributed by atoms with E-state index >= 15 is 0 Å². The summed E-state index contributed by atoms with van der Waals surface area (Å²) in [5, 5.41) is 14.3. The highest BCUT2D eigenvalue weighted by molar-refractivity contribution is 6.30. The van der Waals surface area contributed by atoms with Crippen molar-refractivity contribution >= 4 is 23.0 Å². The number of hydrogen-bond acceptors (Lipinski definition) is 3. The van der Waals surface area contributed by atoms with Crippen molar-refractivity contribution in [2.75, 3.05) is 5.32 Å². The molecular formula is C14H11ClN2O2. The maximum atomic E-state index is 10.7. The van der Waals surface area contributed by atoms with E-state index in [1.54, 1.807) is 36.4 Å². The first-order chi connectivity index (χ1) is 9.15. The van der Waals surface area contributed by atoms with E-state index in [0.29, 0.717) is 10.7 Å². The first-order valence-electron chi connectivity index (χ1n) is 5.58. The number of nitro groups is 1. The van der Waals surface area contributed by atoms with Gasteiger partial charge in [-0.25, -0.2) is 0 Å². The third-order valence-electron chi connectivity index (χ3n) is 2.44. The predicted molar refractivity (Wildman–Crippen MR) is 76.5 cm³/mol. The van der Waals surface area contributed by atoms with E-state index in [9.17, 15) is 10.1 Å². The lowest BCUT2D eigenvalue weighted by molar-refractivity contribution is -0.401. The third-order valence-corrected chi connectivity index (χ3v) is 2.69. The van der Waals surface area contributed by atoms with Crippen LogP contribution in [-0.4, -0.2) is 4.92 Å². The van der Waals surface area contributed by atoms with Crippen LogP contribution in [0.5, 0.6) is 0 Å². The smallest absolute Gasteiger partial charge is 0.258 e. The standard InChI is InChI=1S/C14H11ClN2O2/c15-12-6-8-13(9-7-12)16-14(10-17(18)19)11-4-2-1-3-5-11/h1-10,16H. The van der Waals surface area contributed by atoms with E-state index in [1.165, 1.54) is 0 Å². The molecule has 0 fully saturated rings. The van der Waals surface area contributed by atoms with Crippen LogP contribution in [0.2, 0.25) is 5.02 Å². The van der Waals surface area contributed by atoms with Gasteiger partial charge < -0.3 is 5.32 Å². The number of hydrogen-bond donors (Lipinski definition) is 1. The molecule has 0 saturated carbocycles.